The molecule has 0 unspecified atom stereocenters. The van der Waals surface area contributed by atoms with E-state index in [0.717, 1.165) is 12.8 Å². The third kappa shape index (κ3) is 7.77. The van der Waals surface area contributed by atoms with Gasteiger partial charge in [-0.25, -0.2) is 13.2 Å². The van der Waals surface area contributed by atoms with Gasteiger partial charge in [-0.3, -0.25) is 9.36 Å². The number of fused-ring (bicyclic) bond motifs is 1. The van der Waals surface area contributed by atoms with Gasteiger partial charge < -0.3 is 24.9 Å². The van der Waals surface area contributed by atoms with Crippen LogP contribution in [0.15, 0.2) is 34.0 Å². The van der Waals surface area contributed by atoms with Crippen molar-refractivity contribution in [3.05, 3.63) is 34.7 Å². The van der Waals surface area contributed by atoms with Gasteiger partial charge in [-0.2, -0.15) is 14.3 Å². The number of aromatic amines is 1. The van der Waals surface area contributed by atoms with Gasteiger partial charge in [0.2, 0.25) is 10.0 Å². The van der Waals surface area contributed by atoms with E-state index < -0.39 is 16.0 Å². The lowest BCUT2D eigenvalue weighted by atomic mass is 10.3. The molecular weight excluding hydrogens is 528 g/mol. The fraction of sp³-hybridized carbons (Fsp3) is 0.520. The lowest BCUT2D eigenvalue weighted by Crippen LogP contribution is -2.35. The summed E-state index contributed by atoms with van der Waals surface area (Å²) in [5.74, 6) is -0.182. The van der Waals surface area contributed by atoms with Gasteiger partial charge in [0.1, 0.15) is 11.3 Å². The number of H-pyrrole nitrogens is 1. The van der Waals surface area contributed by atoms with E-state index in [9.17, 15) is 18.0 Å². The van der Waals surface area contributed by atoms with E-state index in [1.165, 1.54) is 40.2 Å². The van der Waals surface area contributed by atoms with Crippen LogP contribution in [0.25, 0.3) is 11.2 Å². The van der Waals surface area contributed by atoms with E-state index in [1.54, 1.807) is 6.92 Å². The topological polar surface area (TPSA) is 172 Å². The number of nitrogen functional groups attached to an aromatic ring is 1. The number of benzene rings is 1. The van der Waals surface area contributed by atoms with Crippen LogP contribution in [0.1, 0.15) is 46.0 Å². The quantitative estimate of drug-likeness (QED) is 0.149. The van der Waals surface area contributed by atoms with E-state index in [0.29, 0.717) is 30.6 Å². The number of aryl methyl sites for hydroxylation is 1. The second-order valence-electron chi connectivity index (χ2n) is 8.78. The Hall–Kier alpha value is -3.49. The summed E-state index contributed by atoms with van der Waals surface area (Å²) in [7, 11) is -2.41. The number of methoxy groups -OCH3 is 1. The summed E-state index contributed by atoms with van der Waals surface area (Å²) in [6.45, 7) is 4.92. The lowest BCUT2D eigenvalue weighted by molar-refractivity contribution is -0.134. The molecule has 14 heteroatoms. The highest BCUT2D eigenvalue weighted by atomic mass is 32.2. The number of anilines is 1. The number of unbranched alkanes of at least 4 members (excludes halogenated alkanes) is 2. The Morgan fingerprint density at radius 2 is 1.92 bits per heavy atom. The smallest absolute Gasteiger partial charge is 0.327 e. The number of sulfonamides is 1. The van der Waals surface area contributed by atoms with Gasteiger partial charge >= 0.3 is 17.7 Å². The molecule has 13 nitrogen and oxygen atoms in total. The minimum atomic E-state index is -3.90. The average Bonchev–Trinajstić information content (AvgIpc) is 3.23. The molecule has 39 heavy (non-hydrogen) atoms. The number of rotatable bonds is 16. The Morgan fingerprint density at radius 3 is 2.64 bits per heavy atom. The van der Waals surface area contributed by atoms with E-state index in [-0.39, 0.29) is 60.8 Å². The van der Waals surface area contributed by atoms with E-state index in [2.05, 4.69) is 15.0 Å². The molecular formula is C25H36N6O7S. The molecule has 3 N–H and O–H groups in total. The maximum atomic E-state index is 13.4. The highest BCUT2D eigenvalue weighted by Gasteiger charge is 2.25. The van der Waals surface area contributed by atoms with Crippen LogP contribution in [0.5, 0.6) is 11.8 Å². The molecule has 0 fully saturated rings. The van der Waals surface area contributed by atoms with Gasteiger partial charge in [-0.05, 0) is 31.4 Å². The molecule has 0 bridgehead atoms. The molecule has 0 atom stereocenters. The molecule has 2 aromatic heterocycles. The van der Waals surface area contributed by atoms with Crippen LogP contribution < -0.4 is 20.9 Å². The summed E-state index contributed by atoms with van der Waals surface area (Å²) < 4.78 is 45.4. The number of nitrogens with zero attached hydrogens (tertiary/aromatic N) is 4. The molecule has 0 radical (unpaired) electrons. The minimum absolute atomic E-state index is 0.00984. The molecule has 0 spiro atoms. The third-order valence-electron chi connectivity index (χ3n) is 5.91. The number of nitrogens with one attached hydrogen (secondary N) is 1. The first-order chi connectivity index (χ1) is 18.7. The monoisotopic (exact) mass is 564 g/mol. The van der Waals surface area contributed by atoms with Gasteiger partial charge in [0.05, 0.1) is 18.1 Å². The SMILES string of the molecule is CCCCOc1nc(N)c2[nH]c(=O)n(CCCCN(CCOC)S(=O)(=O)c3cccc(OC(=O)CC)c3)c2n1. The van der Waals surface area contributed by atoms with E-state index in [4.69, 9.17) is 19.9 Å². The Labute approximate surface area is 227 Å². The number of nitrogens with two attached hydrogens (primary N) is 1. The maximum absolute atomic E-state index is 13.4. The summed E-state index contributed by atoms with van der Waals surface area (Å²) in [5, 5.41) is 0. The molecule has 0 saturated heterocycles. The van der Waals surface area contributed by atoms with Crippen molar-refractivity contribution in [3.63, 3.8) is 0 Å². The molecule has 3 rings (SSSR count). The summed E-state index contributed by atoms with van der Waals surface area (Å²) in [5.41, 5.74) is 6.28. The first-order valence-electron chi connectivity index (χ1n) is 12.9. The van der Waals surface area contributed by atoms with Gasteiger partial charge in [-0.1, -0.05) is 26.3 Å². The van der Waals surface area contributed by atoms with Crippen LogP contribution in [0.4, 0.5) is 5.82 Å². The molecule has 214 valence electrons. The molecule has 0 saturated carbocycles. The molecule has 1 aromatic carbocycles. The zero-order chi connectivity index (χ0) is 28.4. The van der Waals surface area contributed by atoms with Crippen molar-refractivity contribution in [2.45, 2.75) is 57.4 Å². The van der Waals surface area contributed by atoms with Crippen LogP contribution in [-0.2, 0) is 26.1 Å². The Kier molecular flexibility index (Phi) is 10.8. The average molecular weight is 565 g/mol. The Balaban J connectivity index is 1.72. The van der Waals surface area contributed by atoms with E-state index >= 15 is 0 Å². The number of imidazole rings is 1. The zero-order valence-electron chi connectivity index (χ0n) is 22.5. The zero-order valence-corrected chi connectivity index (χ0v) is 23.3. The van der Waals surface area contributed by atoms with Gasteiger partial charge in [0.25, 0.3) is 0 Å². The maximum Gasteiger partial charge on any atom is 0.327 e. The summed E-state index contributed by atoms with van der Waals surface area (Å²) in [4.78, 5) is 35.4. The summed E-state index contributed by atoms with van der Waals surface area (Å²) >= 11 is 0. The standard InChI is InChI=1S/C25H36N6O7S/c1-4-6-15-37-24-28-22(26)21-23(29-24)31(25(33)27-21)13-8-7-12-30(14-16-36-3)39(34,35)19-11-9-10-18(17-19)38-20(32)5-2/h9-11,17H,4-8,12-16H2,1-3H3,(H,27,33)(H2,26,28,29). The van der Waals surface area contributed by atoms with Crippen molar-refractivity contribution in [3.8, 4) is 11.8 Å². The number of aromatic nitrogens is 4. The fourth-order valence-corrected chi connectivity index (χ4v) is 5.26. The van der Waals surface area contributed by atoms with Crippen molar-refractivity contribution < 1.29 is 27.4 Å². The van der Waals surface area contributed by atoms with Crippen LogP contribution in [0.3, 0.4) is 0 Å². The van der Waals surface area contributed by atoms with Crippen molar-refractivity contribution in [1.82, 2.24) is 23.8 Å². The summed E-state index contributed by atoms with van der Waals surface area (Å²) in [6.07, 6.45) is 2.88. The van der Waals surface area contributed by atoms with Crippen LogP contribution >= 0.6 is 0 Å². The number of hydrogen-bond acceptors (Lipinski definition) is 10. The van der Waals surface area contributed by atoms with Gasteiger partial charge in [0, 0.05) is 39.2 Å². The van der Waals surface area contributed by atoms with Crippen LogP contribution in [0, 0.1) is 0 Å². The number of ether oxygens (including phenoxy) is 3. The predicted molar refractivity (Wildman–Crippen MR) is 145 cm³/mol. The highest BCUT2D eigenvalue weighted by Crippen LogP contribution is 2.22. The molecule has 0 aliphatic carbocycles. The Morgan fingerprint density at radius 1 is 1.13 bits per heavy atom. The number of esters is 1. The first kappa shape index (κ1) is 30.1. The normalized spacial score (nSPS) is 11.8. The number of carbonyl (C=O) groups is 1. The predicted octanol–water partition coefficient (Wildman–Crippen LogP) is 2.31. The van der Waals surface area contributed by atoms with Crippen LogP contribution in [0.2, 0.25) is 0 Å². The molecule has 0 aliphatic rings. The van der Waals surface area contributed by atoms with Crippen molar-refractivity contribution in [2.24, 2.45) is 0 Å². The van der Waals surface area contributed by atoms with Crippen molar-refractivity contribution in [2.75, 3.05) is 39.1 Å². The van der Waals surface area contributed by atoms with Crippen LogP contribution in [-0.4, -0.2) is 71.6 Å². The third-order valence-corrected chi connectivity index (χ3v) is 7.80. The second-order valence-corrected chi connectivity index (χ2v) is 10.7. The Bertz CT molecular complexity index is 1420. The largest absolute Gasteiger partial charge is 0.463 e. The fourth-order valence-electron chi connectivity index (χ4n) is 3.76. The first-order valence-corrected chi connectivity index (χ1v) is 14.3. The van der Waals surface area contributed by atoms with Crippen molar-refractivity contribution >= 4 is 33.0 Å². The molecule has 3 aromatic rings. The summed E-state index contributed by atoms with van der Waals surface area (Å²) in [6, 6.07) is 5.94. The molecule has 2 heterocycles. The molecule has 0 amide bonds. The molecule has 0 aliphatic heterocycles. The lowest BCUT2D eigenvalue weighted by Gasteiger charge is -2.22. The minimum Gasteiger partial charge on any atom is -0.463 e. The number of hydrogen-bond donors (Lipinski definition) is 2. The van der Waals surface area contributed by atoms with Gasteiger partial charge in [0.15, 0.2) is 11.5 Å². The number of carbonyl (C=O) groups excluding carboxylic acids is 1. The van der Waals surface area contributed by atoms with Gasteiger partial charge in [-0.15, -0.1) is 0 Å². The van der Waals surface area contributed by atoms with Crippen molar-refractivity contribution in [1.29, 1.82) is 0 Å². The second kappa shape index (κ2) is 14.1. The highest BCUT2D eigenvalue weighted by molar-refractivity contribution is 7.89. The van der Waals surface area contributed by atoms with E-state index in [1.807, 2.05) is 6.92 Å².